The summed E-state index contributed by atoms with van der Waals surface area (Å²) in [6, 6.07) is 3.01. The zero-order valence-corrected chi connectivity index (χ0v) is 8.16. The average Bonchev–Trinajstić information content (AvgIpc) is 2.17. The molecule has 15 heavy (non-hydrogen) atoms. The number of aromatic nitrogens is 1. The Hall–Kier alpha value is -1.39. The van der Waals surface area contributed by atoms with E-state index < -0.39 is 5.92 Å². The minimum atomic E-state index is -2.63. The van der Waals surface area contributed by atoms with Crippen molar-refractivity contribution in [1.29, 1.82) is 0 Å². The van der Waals surface area contributed by atoms with E-state index in [9.17, 15) is 8.78 Å². The number of halogens is 2. The monoisotopic (exact) mass is 214 g/mol. The summed E-state index contributed by atoms with van der Waals surface area (Å²) in [4.78, 5) is 5.45. The van der Waals surface area contributed by atoms with Crippen LogP contribution in [0.5, 0.6) is 5.75 Å². The predicted octanol–water partition coefficient (Wildman–Crippen LogP) is 2.02. The van der Waals surface area contributed by atoms with Crippen LogP contribution in [-0.4, -0.2) is 29.1 Å². The van der Waals surface area contributed by atoms with Crippen molar-refractivity contribution < 1.29 is 13.9 Å². The van der Waals surface area contributed by atoms with Crippen LogP contribution in [0, 0.1) is 0 Å². The Labute approximate surface area is 86.4 Å². The SMILES string of the molecule is Oc1ccc(N2CCCC(F)(F)C2)nc1. The molecule has 1 aromatic rings. The van der Waals surface area contributed by atoms with Crippen molar-refractivity contribution in [3.63, 3.8) is 0 Å². The molecule has 0 unspecified atom stereocenters. The number of anilines is 1. The van der Waals surface area contributed by atoms with Crippen LogP contribution in [0.15, 0.2) is 18.3 Å². The Balaban J connectivity index is 2.13. The van der Waals surface area contributed by atoms with Gasteiger partial charge in [-0.1, -0.05) is 0 Å². The molecule has 0 aromatic carbocycles. The minimum Gasteiger partial charge on any atom is -0.506 e. The van der Waals surface area contributed by atoms with Crippen LogP contribution in [0.25, 0.3) is 0 Å². The molecule has 0 spiro atoms. The van der Waals surface area contributed by atoms with Gasteiger partial charge in [-0.2, -0.15) is 0 Å². The van der Waals surface area contributed by atoms with Gasteiger partial charge >= 0.3 is 0 Å². The Morgan fingerprint density at radius 2 is 2.20 bits per heavy atom. The van der Waals surface area contributed by atoms with Crippen LogP contribution >= 0.6 is 0 Å². The van der Waals surface area contributed by atoms with E-state index in [1.165, 1.54) is 12.3 Å². The van der Waals surface area contributed by atoms with Gasteiger partial charge in [0, 0.05) is 13.0 Å². The van der Waals surface area contributed by atoms with E-state index in [2.05, 4.69) is 4.98 Å². The van der Waals surface area contributed by atoms with Gasteiger partial charge < -0.3 is 10.0 Å². The van der Waals surface area contributed by atoms with E-state index in [-0.39, 0.29) is 18.7 Å². The lowest BCUT2D eigenvalue weighted by Crippen LogP contribution is -2.42. The molecule has 2 heterocycles. The molecule has 1 fully saturated rings. The molecule has 82 valence electrons. The molecule has 1 aliphatic rings. The number of piperidine rings is 1. The third kappa shape index (κ3) is 2.34. The summed E-state index contributed by atoms with van der Waals surface area (Å²) in [6.07, 6.45) is 1.68. The van der Waals surface area contributed by atoms with Crippen molar-refractivity contribution in [2.24, 2.45) is 0 Å². The highest BCUT2D eigenvalue weighted by atomic mass is 19.3. The molecule has 3 nitrogen and oxygen atoms in total. The molecule has 1 saturated heterocycles. The maximum absolute atomic E-state index is 13.1. The number of nitrogens with zero attached hydrogens (tertiary/aromatic N) is 2. The molecular formula is C10H12F2N2O. The van der Waals surface area contributed by atoms with Crippen molar-refractivity contribution >= 4 is 5.82 Å². The number of hydrogen-bond donors (Lipinski definition) is 1. The Morgan fingerprint density at radius 3 is 2.80 bits per heavy atom. The second kappa shape index (κ2) is 3.64. The third-order valence-corrected chi connectivity index (χ3v) is 2.45. The van der Waals surface area contributed by atoms with E-state index in [0.717, 1.165) is 0 Å². The number of alkyl halides is 2. The summed E-state index contributed by atoms with van der Waals surface area (Å²) in [6.45, 7) is 0.304. The van der Waals surface area contributed by atoms with Crippen LogP contribution in [0.1, 0.15) is 12.8 Å². The topological polar surface area (TPSA) is 36.4 Å². The summed E-state index contributed by atoms with van der Waals surface area (Å²) in [5, 5.41) is 9.03. The summed E-state index contributed by atoms with van der Waals surface area (Å²) >= 11 is 0. The Morgan fingerprint density at radius 1 is 1.40 bits per heavy atom. The van der Waals surface area contributed by atoms with E-state index in [4.69, 9.17) is 5.11 Å². The maximum atomic E-state index is 13.1. The molecular weight excluding hydrogens is 202 g/mol. The first-order valence-corrected chi connectivity index (χ1v) is 4.85. The van der Waals surface area contributed by atoms with Crippen LogP contribution in [-0.2, 0) is 0 Å². The lowest BCUT2D eigenvalue weighted by Gasteiger charge is -2.33. The Kier molecular flexibility index (Phi) is 2.46. The molecule has 1 N–H and O–H groups in total. The number of rotatable bonds is 1. The van der Waals surface area contributed by atoms with Gasteiger partial charge in [0.25, 0.3) is 5.92 Å². The zero-order chi connectivity index (χ0) is 10.9. The average molecular weight is 214 g/mol. The number of pyridine rings is 1. The van der Waals surface area contributed by atoms with Gasteiger partial charge in [0.1, 0.15) is 11.6 Å². The van der Waals surface area contributed by atoms with Crippen molar-refractivity contribution in [2.45, 2.75) is 18.8 Å². The van der Waals surface area contributed by atoms with Crippen LogP contribution in [0.3, 0.4) is 0 Å². The molecule has 1 aliphatic heterocycles. The van der Waals surface area contributed by atoms with Crippen molar-refractivity contribution in [1.82, 2.24) is 4.98 Å². The molecule has 2 rings (SSSR count). The first-order valence-electron chi connectivity index (χ1n) is 4.85. The van der Waals surface area contributed by atoms with Crippen LogP contribution in [0.4, 0.5) is 14.6 Å². The normalized spacial score (nSPS) is 20.3. The van der Waals surface area contributed by atoms with E-state index >= 15 is 0 Å². The lowest BCUT2D eigenvalue weighted by atomic mass is 10.1. The smallest absolute Gasteiger partial charge is 0.265 e. The minimum absolute atomic E-state index is 0.0440. The standard InChI is InChI=1S/C10H12F2N2O/c11-10(12)4-1-5-14(7-10)9-3-2-8(15)6-13-9/h2-3,6,15H,1,4-5,7H2. The highest BCUT2D eigenvalue weighted by Crippen LogP contribution is 2.29. The van der Waals surface area contributed by atoms with E-state index in [1.54, 1.807) is 11.0 Å². The number of hydrogen-bond acceptors (Lipinski definition) is 3. The van der Waals surface area contributed by atoms with Gasteiger partial charge in [-0.3, -0.25) is 0 Å². The van der Waals surface area contributed by atoms with E-state index in [1.807, 2.05) is 0 Å². The molecule has 0 aliphatic carbocycles. The molecule has 0 amide bonds. The summed E-state index contributed by atoms with van der Waals surface area (Å²) < 4.78 is 26.2. The fourth-order valence-electron chi connectivity index (χ4n) is 1.73. The van der Waals surface area contributed by atoms with Crippen molar-refractivity contribution in [3.05, 3.63) is 18.3 Å². The molecule has 1 aromatic heterocycles. The summed E-state index contributed by atoms with van der Waals surface area (Å²) in [5.41, 5.74) is 0. The molecule has 0 radical (unpaired) electrons. The largest absolute Gasteiger partial charge is 0.506 e. The maximum Gasteiger partial charge on any atom is 0.265 e. The van der Waals surface area contributed by atoms with Gasteiger partial charge in [-0.15, -0.1) is 0 Å². The van der Waals surface area contributed by atoms with Gasteiger partial charge in [0.15, 0.2) is 0 Å². The molecule has 0 atom stereocenters. The van der Waals surface area contributed by atoms with Gasteiger partial charge in [0.05, 0.1) is 12.7 Å². The fourth-order valence-corrected chi connectivity index (χ4v) is 1.73. The molecule has 0 saturated carbocycles. The van der Waals surface area contributed by atoms with Gasteiger partial charge in [0.2, 0.25) is 0 Å². The van der Waals surface area contributed by atoms with Gasteiger partial charge in [-0.05, 0) is 18.6 Å². The zero-order valence-electron chi connectivity index (χ0n) is 8.16. The predicted molar refractivity (Wildman–Crippen MR) is 52.3 cm³/mol. The van der Waals surface area contributed by atoms with Gasteiger partial charge in [-0.25, -0.2) is 13.8 Å². The van der Waals surface area contributed by atoms with E-state index in [0.29, 0.717) is 18.8 Å². The molecule has 5 heteroatoms. The quantitative estimate of drug-likeness (QED) is 0.777. The Bertz CT molecular complexity index is 340. The number of aromatic hydroxyl groups is 1. The summed E-state index contributed by atoms with van der Waals surface area (Å²) in [7, 11) is 0. The lowest BCUT2D eigenvalue weighted by molar-refractivity contribution is -0.0118. The second-order valence-corrected chi connectivity index (χ2v) is 3.76. The fraction of sp³-hybridized carbons (Fsp3) is 0.500. The summed E-state index contributed by atoms with van der Waals surface area (Å²) in [5.74, 6) is -2.09. The first kappa shape index (κ1) is 10.1. The molecule has 0 bridgehead atoms. The van der Waals surface area contributed by atoms with Crippen molar-refractivity contribution in [2.75, 3.05) is 18.0 Å². The van der Waals surface area contributed by atoms with Crippen LogP contribution < -0.4 is 4.90 Å². The third-order valence-electron chi connectivity index (χ3n) is 2.45. The van der Waals surface area contributed by atoms with Crippen molar-refractivity contribution in [3.8, 4) is 5.75 Å². The highest BCUT2D eigenvalue weighted by molar-refractivity contribution is 5.41. The highest BCUT2D eigenvalue weighted by Gasteiger charge is 2.35. The first-order chi connectivity index (χ1) is 7.07. The second-order valence-electron chi connectivity index (χ2n) is 3.76. The van der Waals surface area contributed by atoms with Crippen LogP contribution in [0.2, 0.25) is 0 Å².